The zero-order valence-electron chi connectivity index (χ0n) is 6.13. The molecule has 0 saturated heterocycles. The van der Waals surface area contributed by atoms with E-state index < -0.39 is 18.4 Å². The van der Waals surface area contributed by atoms with Gasteiger partial charge in [0.05, 0.1) is 0 Å². The molecular formula is C6H12O4. The molecule has 2 N–H and O–H groups in total. The summed E-state index contributed by atoms with van der Waals surface area (Å²) in [5.74, 6) is -2.62. The first-order chi connectivity index (χ1) is 4.54. The molecule has 0 atom stereocenters. The minimum absolute atomic E-state index is 0.806. The predicted octanol–water partition coefficient (Wildman–Crippen LogP) is 0.962. The Bertz CT molecular complexity index is 96.3. The van der Waals surface area contributed by atoms with E-state index in [0.717, 1.165) is 0 Å². The molecule has 0 aliphatic rings. The maximum Gasteiger partial charge on any atom is 0.314 e. The molecule has 0 heterocycles. The van der Waals surface area contributed by atoms with E-state index in [1.165, 1.54) is 6.42 Å². The fraction of sp³-hybridized carbons (Fsp3) is 0.667. The zero-order valence-corrected chi connectivity index (χ0v) is 6.13. The van der Waals surface area contributed by atoms with Gasteiger partial charge in [0.1, 0.15) is 6.42 Å². The van der Waals surface area contributed by atoms with E-state index in [2.05, 4.69) is 13.8 Å². The topological polar surface area (TPSA) is 74.6 Å². The molecule has 0 fully saturated rings. The van der Waals surface area contributed by atoms with E-state index in [1.54, 1.807) is 0 Å². The van der Waals surface area contributed by atoms with Crippen LogP contribution in [0.15, 0.2) is 0 Å². The van der Waals surface area contributed by atoms with Gasteiger partial charge in [0.25, 0.3) is 0 Å². The van der Waals surface area contributed by atoms with E-state index in [9.17, 15) is 9.59 Å². The lowest BCUT2D eigenvalue weighted by molar-refractivity contribution is -0.147. The number of hydrogen-bond donors (Lipinski definition) is 2. The molecule has 4 nitrogen and oxygen atoms in total. The van der Waals surface area contributed by atoms with Crippen molar-refractivity contribution in [3.05, 3.63) is 0 Å². The van der Waals surface area contributed by atoms with Crippen molar-refractivity contribution in [2.75, 3.05) is 0 Å². The van der Waals surface area contributed by atoms with Crippen molar-refractivity contribution in [1.29, 1.82) is 0 Å². The first-order valence-electron chi connectivity index (χ1n) is 2.98. The minimum atomic E-state index is -1.31. The summed E-state index contributed by atoms with van der Waals surface area (Å²) < 4.78 is 0. The summed E-state index contributed by atoms with van der Waals surface area (Å²) in [6, 6.07) is 0. The molecule has 0 aliphatic carbocycles. The van der Waals surface area contributed by atoms with Crippen molar-refractivity contribution < 1.29 is 19.8 Å². The second-order valence-corrected chi connectivity index (χ2v) is 1.67. The van der Waals surface area contributed by atoms with Crippen LogP contribution >= 0.6 is 0 Å². The van der Waals surface area contributed by atoms with Gasteiger partial charge in [-0.05, 0) is 0 Å². The maximum absolute atomic E-state index is 9.43. The van der Waals surface area contributed by atoms with Gasteiger partial charge in [0, 0.05) is 0 Å². The van der Waals surface area contributed by atoms with Crippen molar-refractivity contribution in [2.24, 2.45) is 0 Å². The largest absolute Gasteiger partial charge is 0.481 e. The molecule has 0 aromatic heterocycles. The summed E-state index contributed by atoms with van der Waals surface area (Å²) in [6.07, 6.45) is 0.444. The van der Waals surface area contributed by atoms with E-state index in [1.807, 2.05) is 0 Å². The summed E-state index contributed by atoms with van der Waals surface area (Å²) in [7, 11) is 0. The smallest absolute Gasteiger partial charge is 0.314 e. The van der Waals surface area contributed by atoms with Crippen molar-refractivity contribution in [3.63, 3.8) is 0 Å². The third-order valence-electron chi connectivity index (χ3n) is 0.302. The van der Waals surface area contributed by atoms with Gasteiger partial charge in [-0.2, -0.15) is 0 Å². The molecule has 60 valence electrons. The molecule has 0 saturated carbocycles. The summed E-state index contributed by atoms with van der Waals surface area (Å²) in [6.45, 7) is 4.25. The molecule has 4 heteroatoms. The average Bonchev–Trinajstić information content (AvgIpc) is 1.62. The van der Waals surface area contributed by atoms with E-state index in [0.29, 0.717) is 0 Å². The lowest BCUT2D eigenvalue weighted by atomic mass is 10.5. The van der Waals surface area contributed by atoms with Crippen LogP contribution in [-0.2, 0) is 9.59 Å². The summed E-state index contributed by atoms with van der Waals surface area (Å²) in [5.41, 5.74) is 0. The molecule has 0 aliphatic heterocycles. The minimum Gasteiger partial charge on any atom is -0.481 e. The molecule has 0 unspecified atom stereocenters. The number of carboxylic acid groups (broad SMARTS) is 2. The van der Waals surface area contributed by atoms with Gasteiger partial charge in [-0.25, -0.2) is 0 Å². The van der Waals surface area contributed by atoms with E-state index >= 15 is 0 Å². The standard InChI is InChI=1S/C3H4O4.C3H8/c4-2(5)1-3(6)7;1-3-2/h1H2,(H,4,5)(H,6,7);3H2,1-2H3. The van der Waals surface area contributed by atoms with Crippen molar-refractivity contribution >= 4 is 11.9 Å². The monoisotopic (exact) mass is 148 g/mol. The van der Waals surface area contributed by atoms with Crippen LogP contribution in [0.5, 0.6) is 0 Å². The van der Waals surface area contributed by atoms with Gasteiger partial charge in [-0.1, -0.05) is 20.3 Å². The van der Waals surface area contributed by atoms with E-state index in [4.69, 9.17) is 10.2 Å². The lowest BCUT2D eigenvalue weighted by Gasteiger charge is -1.80. The molecule has 0 amide bonds. The first-order valence-corrected chi connectivity index (χ1v) is 2.98. The second kappa shape index (κ2) is 7.94. The lowest BCUT2D eigenvalue weighted by Crippen LogP contribution is -2.03. The number of carbonyl (C=O) groups is 2. The molecule has 0 radical (unpaired) electrons. The fourth-order valence-electron chi connectivity index (χ4n) is 0.129. The van der Waals surface area contributed by atoms with Gasteiger partial charge in [0.2, 0.25) is 0 Å². The van der Waals surface area contributed by atoms with E-state index in [-0.39, 0.29) is 0 Å². The van der Waals surface area contributed by atoms with Crippen molar-refractivity contribution in [3.8, 4) is 0 Å². The van der Waals surface area contributed by atoms with Crippen LogP contribution in [0.4, 0.5) is 0 Å². The Kier molecular flexibility index (Phi) is 9.29. The Hall–Kier alpha value is -1.06. The molecule has 10 heavy (non-hydrogen) atoms. The SMILES string of the molecule is CCC.O=C(O)CC(=O)O. The van der Waals surface area contributed by atoms with Crippen molar-refractivity contribution in [1.82, 2.24) is 0 Å². The highest BCUT2D eigenvalue weighted by atomic mass is 16.4. The van der Waals surface area contributed by atoms with Crippen molar-refractivity contribution in [2.45, 2.75) is 26.7 Å². The van der Waals surface area contributed by atoms with Crippen LogP contribution in [0, 0.1) is 0 Å². The number of aliphatic carboxylic acids is 2. The summed E-state index contributed by atoms with van der Waals surface area (Å²) in [5, 5.41) is 15.4. The normalized spacial score (nSPS) is 7.40. The zero-order chi connectivity index (χ0) is 8.57. The molecular weight excluding hydrogens is 136 g/mol. The second-order valence-electron chi connectivity index (χ2n) is 1.67. The Morgan fingerprint density at radius 1 is 1.10 bits per heavy atom. The average molecular weight is 148 g/mol. The van der Waals surface area contributed by atoms with Gasteiger partial charge < -0.3 is 10.2 Å². The third kappa shape index (κ3) is 28.3. The quantitative estimate of drug-likeness (QED) is 0.572. The maximum atomic E-state index is 9.43. The highest BCUT2D eigenvalue weighted by Gasteiger charge is 2.01. The Morgan fingerprint density at radius 2 is 1.30 bits per heavy atom. The Labute approximate surface area is 59.5 Å². The fourth-order valence-corrected chi connectivity index (χ4v) is 0.129. The van der Waals surface area contributed by atoms with Crippen LogP contribution in [0.2, 0.25) is 0 Å². The van der Waals surface area contributed by atoms with Crippen LogP contribution in [-0.4, -0.2) is 22.2 Å². The van der Waals surface area contributed by atoms with Gasteiger partial charge >= 0.3 is 11.9 Å². The van der Waals surface area contributed by atoms with Crippen LogP contribution in [0.1, 0.15) is 26.7 Å². The van der Waals surface area contributed by atoms with Crippen LogP contribution in [0.3, 0.4) is 0 Å². The number of carboxylic acids is 2. The highest BCUT2D eigenvalue weighted by molar-refractivity contribution is 5.88. The molecule has 0 spiro atoms. The number of rotatable bonds is 2. The predicted molar refractivity (Wildman–Crippen MR) is 35.9 cm³/mol. The van der Waals surface area contributed by atoms with Crippen LogP contribution in [0.25, 0.3) is 0 Å². The van der Waals surface area contributed by atoms with Crippen LogP contribution < -0.4 is 0 Å². The Balaban J connectivity index is 0. The summed E-state index contributed by atoms with van der Waals surface area (Å²) in [4.78, 5) is 18.9. The molecule has 0 bridgehead atoms. The van der Waals surface area contributed by atoms with Gasteiger partial charge in [-0.15, -0.1) is 0 Å². The summed E-state index contributed by atoms with van der Waals surface area (Å²) >= 11 is 0. The third-order valence-corrected chi connectivity index (χ3v) is 0.302. The molecule has 0 aromatic rings. The Morgan fingerprint density at radius 3 is 1.30 bits per heavy atom. The van der Waals surface area contributed by atoms with Gasteiger partial charge in [-0.3, -0.25) is 9.59 Å². The molecule has 0 rings (SSSR count). The first kappa shape index (κ1) is 11.7. The molecule has 0 aromatic carbocycles. The highest BCUT2D eigenvalue weighted by Crippen LogP contribution is 1.74. The van der Waals surface area contributed by atoms with Gasteiger partial charge in [0.15, 0.2) is 0 Å². The number of hydrogen-bond acceptors (Lipinski definition) is 2.